The second kappa shape index (κ2) is 11.0. The molecular formula is C30H24N2O4S. The molecule has 0 atom stereocenters. The van der Waals surface area contributed by atoms with Crippen molar-refractivity contribution < 1.29 is 18.0 Å². The van der Waals surface area contributed by atoms with Crippen LogP contribution in [0, 0.1) is 11.3 Å². The highest BCUT2D eigenvalue weighted by atomic mass is 32.2. The van der Waals surface area contributed by atoms with E-state index in [4.69, 9.17) is 0 Å². The Balaban J connectivity index is 1.62. The summed E-state index contributed by atoms with van der Waals surface area (Å²) in [5.74, 6) is -0.501. The van der Waals surface area contributed by atoms with Gasteiger partial charge in [0.25, 0.3) is 0 Å². The second-order valence-electron chi connectivity index (χ2n) is 8.42. The summed E-state index contributed by atoms with van der Waals surface area (Å²) in [6.45, 7) is 1.58. The molecular weight excluding hydrogens is 484 g/mol. The van der Waals surface area contributed by atoms with E-state index < -0.39 is 9.84 Å². The van der Waals surface area contributed by atoms with Crippen LogP contribution in [0.2, 0.25) is 0 Å². The van der Waals surface area contributed by atoms with Crippen LogP contribution in [-0.2, 0) is 21.1 Å². The van der Waals surface area contributed by atoms with Gasteiger partial charge in [-0.05, 0) is 53.1 Å². The molecule has 0 heterocycles. The molecule has 0 fully saturated rings. The van der Waals surface area contributed by atoms with E-state index in [-0.39, 0.29) is 28.8 Å². The molecule has 0 radical (unpaired) electrons. The van der Waals surface area contributed by atoms with Crippen molar-refractivity contribution in [1.29, 1.82) is 5.26 Å². The first kappa shape index (κ1) is 25.5. The third kappa shape index (κ3) is 6.00. The maximum atomic E-state index is 13.4. The van der Waals surface area contributed by atoms with Crippen molar-refractivity contribution in [3.05, 3.63) is 119 Å². The predicted octanol–water partition coefficient (Wildman–Crippen LogP) is 5.43. The zero-order valence-electron chi connectivity index (χ0n) is 20.1. The molecule has 0 aliphatic heterocycles. The number of amides is 1. The van der Waals surface area contributed by atoms with E-state index in [0.29, 0.717) is 33.5 Å². The normalized spacial score (nSPS) is 10.9. The number of benzene rings is 4. The highest BCUT2D eigenvalue weighted by molar-refractivity contribution is 7.91. The second-order valence-corrected chi connectivity index (χ2v) is 10.7. The molecule has 0 aliphatic rings. The summed E-state index contributed by atoms with van der Waals surface area (Å²) in [7, 11) is -3.31. The monoisotopic (exact) mass is 508 g/mol. The van der Waals surface area contributed by atoms with Crippen molar-refractivity contribution in [2.45, 2.75) is 18.2 Å². The van der Waals surface area contributed by atoms with Crippen molar-refractivity contribution in [3.8, 4) is 17.2 Å². The zero-order valence-corrected chi connectivity index (χ0v) is 21.0. The molecule has 37 heavy (non-hydrogen) atoms. The Morgan fingerprint density at radius 1 is 0.865 bits per heavy atom. The molecule has 0 bridgehead atoms. The molecule has 1 N–H and O–H groups in total. The summed E-state index contributed by atoms with van der Waals surface area (Å²) in [6, 6.07) is 29.3. The summed E-state index contributed by atoms with van der Waals surface area (Å²) in [5, 5.41) is 12.1. The van der Waals surface area contributed by atoms with E-state index in [1.54, 1.807) is 79.7 Å². The number of nitrogens with one attached hydrogen (secondary N) is 1. The molecule has 6 nitrogen and oxygen atoms in total. The van der Waals surface area contributed by atoms with E-state index >= 15 is 0 Å². The van der Waals surface area contributed by atoms with E-state index in [9.17, 15) is 23.3 Å². The molecule has 0 aliphatic carbocycles. The molecule has 1 amide bonds. The molecule has 0 saturated carbocycles. The van der Waals surface area contributed by atoms with E-state index in [1.807, 2.05) is 12.1 Å². The van der Waals surface area contributed by atoms with E-state index in [2.05, 4.69) is 11.4 Å². The summed E-state index contributed by atoms with van der Waals surface area (Å²) in [5.41, 5.74) is 3.87. The molecule has 0 saturated heterocycles. The SMILES string of the molecule is CCS(=O)(=O)c1ccc(CC(=O)Nc2ccc(-c3cccc(C#N)c3)c(C(=O)c3ccccc3)c2)cc1. The van der Waals surface area contributed by atoms with Gasteiger partial charge in [0.1, 0.15) is 0 Å². The number of nitriles is 1. The molecule has 0 unspecified atom stereocenters. The Hall–Kier alpha value is -4.54. The number of carbonyl (C=O) groups is 2. The van der Waals surface area contributed by atoms with Crippen molar-refractivity contribution in [2.75, 3.05) is 11.1 Å². The maximum absolute atomic E-state index is 13.4. The van der Waals surface area contributed by atoms with Crippen LogP contribution in [0.3, 0.4) is 0 Å². The van der Waals surface area contributed by atoms with Gasteiger partial charge in [0.15, 0.2) is 15.6 Å². The Morgan fingerprint density at radius 3 is 2.27 bits per heavy atom. The fourth-order valence-corrected chi connectivity index (χ4v) is 4.82. The minimum atomic E-state index is -3.31. The number of hydrogen-bond acceptors (Lipinski definition) is 5. The fraction of sp³-hybridized carbons (Fsp3) is 0.100. The highest BCUT2D eigenvalue weighted by Gasteiger charge is 2.17. The number of anilines is 1. The Morgan fingerprint density at radius 2 is 1.59 bits per heavy atom. The lowest BCUT2D eigenvalue weighted by atomic mass is 9.92. The largest absolute Gasteiger partial charge is 0.326 e. The zero-order chi connectivity index (χ0) is 26.4. The Labute approximate surface area is 216 Å². The number of sulfone groups is 1. The average Bonchev–Trinajstić information content (AvgIpc) is 2.93. The standard InChI is InChI=1S/C30H24N2O4S/c1-2-37(35,36)26-14-11-21(12-15-26)18-29(33)32-25-13-16-27(24-10-6-7-22(17-24)20-31)28(19-25)30(34)23-8-4-3-5-9-23/h3-17,19H,2,18H2,1H3,(H,32,33). The first-order valence-electron chi connectivity index (χ1n) is 11.7. The van der Waals surface area contributed by atoms with Gasteiger partial charge in [-0.15, -0.1) is 0 Å². The van der Waals surface area contributed by atoms with Crippen LogP contribution in [0.25, 0.3) is 11.1 Å². The maximum Gasteiger partial charge on any atom is 0.228 e. The van der Waals surface area contributed by atoms with E-state index in [1.165, 1.54) is 12.1 Å². The van der Waals surface area contributed by atoms with Crippen LogP contribution in [0.5, 0.6) is 0 Å². The van der Waals surface area contributed by atoms with Gasteiger partial charge in [-0.1, -0.05) is 67.6 Å². The van der Waals surface area contributed by atoms with Gasteiger partial charge in [0.2, 0.25) is 5.91 Å². The third-order valence-corrected chi connectivity index (χ3v) is 7.66. The number of nitrogens with zero attached hydrogens (tertiary/aromatic N) is 1. The number of ketones is 1. The number of carbonyl (C=O) groups excluding carboxylic acids is 2. The quantitative estimate of drug-likeness (QED) is 0.320. The summed E-state index contributed by atoms with van der Waals surface area (Å²) >= 11 is 0. The molecule has 0 spiro atoms. The molecule has 184 valence electrons. The third-order valence-electron chi connectivity index (χ3n) is 5.91. The van der Waals surface area contributed by atoms with E-state index in [0.717, 1.165) is 5.56 Å². The lowest BCUT2D eigenvalue weighted by Crippen LogP contribution is -2.15. The molecule has 7 heteroatoms. The van der Waals surface area contributed by atoms with Crippen LogP contribution in [0.4, 0.5) is 5.69 Å². The van der Waals surface area contributed by atoms with Crippen LogP contribution >= 0.6 is 0 Å². The summed E-state index contributed by atoms with van der Waals surface area (Å²) in [6.07, 6.45) is 0.0420. The van der Waals surface area contributed by atoms with Crippen molar-refractivity contribution in [3.63, 3.8) is 0 Å². The van der Waals surface area contributed by atoms with Gasteiger partial charge < -0.3 is 5.32 Å². The Kier molecular flexibility index (Phi) is 7.61. The minimum Gasteiger partial charge on any atom is -0.326 e. The molecule has 4 aromatic carbocycles. The van der Waals surface area contributed by atoms with Crippen LogP contribution in [0.15, 0.2) is 102 Å². The molecule has 4 rings (SSSR count). The van der Waals surface area contributed by atoms with Gasteiger partial charge in [0.05, 0.1) is 28.7 Å². The topological polar surface area (TPSA) is 104 Å². The molecule has 4 aromatic rings. The van der Waals surface area contributed by atoms with Gasteiger partial charge in [-0.3, -0.25) is 9.59 Å². The van der Waals surface area contributed by atoms with Crippen molar-refractivity contribution in [1.82, 2.24) is 0 Å². The number of hydrogen-bond donors (Lipinski definition) is 1. The van der Waals surface area contributed by atoms with Crippen LogP contribution < -0.4 is 5.32 Å². The van der Waals surface area contributed by atoms with Crippen LogP contribution in [0.1, 0.15) is 34.0 Å². The van der Waals surface area contributed by atoms with Crippen molar-refractivity contribution >= 4 is 27.2 Å². The molecule has 0 aromatic heterocycles. The fourth-order valence-electron chi connectivity index (χ4n) is 3.93. The lowest BCUT2D eigenvalue weighted by Gasteiger charge is -2.13. The predicted molar refractivity (Wildman–Crippen MR) is 143 cm³/mol. The summed E-state index contributed by atoms with van der Waals surface area (Å²) in [4.78, 5) is 26.4. The first-order chi connectivity index (χ1) is 17.8. The minimum absolute atomic E-state index is 0.00761. The highest BCUT2D eigenvalue weighted by Crippen LogP contribution is 2.29. The van der Waals surface area contributed by atoms with Gasteiger partial charge in [0, 0.05) is 16.8 Å². The Bertz CT molecular complexity index is 1600. The first-order valence-corrected chi connectivity index (χ1v) is 13.3. The van der Waals surface area contributed by atoms with Crippen LogP contribution in [-0.4, -0.2) is 25.9 Å². The van der Waals surface area contributed by atoms with Gasteiger partial charge >= 0.3 is 0 Å². The summed E-state index contributed by atoms with van der Waals surface area (Å²) < 4.78 is 24.0. The van der Waals surface area contributed by atoms with Gasteiger partial charge in [-0.25, -0.2) is 8.42 Å². The average molecular weight is 509 g/mol. The number of rotatable bonds is 8. The van der Waals surface area contributed by atoms with Crippen molar-refractivity contribution in [2.24, 2.45) is 0 Å². The lowest BCUT2D eigenvalue weighted by molar-refractivity contribution is -0.115. The van der Waals surface area contributed by atoms with Gasteiger partial charge in [-0.2, -0.15) is 5.26 Å². The smallest absolute Gasteiger partial charge is 0.228 e.